The molecule has 2 aliphatic heterocycles. The summed E-state index contributed by atoms with van der Waals surface area (Å²) in [5.74, 6) is 0.357. The Morgan fingerprint density at radius 2 is 1.97 bits per heavy atom. The second-order valence-electron chi connectivity index (χ2n) is 7.85. The molecule has 2 saturated heterocycles. The zero-order valence-corrected chi connectivity index (χ0v) is 16.7. The molecule has 2 N–H and O–H groups in total. The van der Waals surface area contributed by atoms with Crippen molar-refractivity contribution in [1.82, 2.24) is 15.0 Å². The Morgan fingerprint density at radius 1 is 1.10 bits per heavy atom. The number of ether oxygens (including phenoxy) is 4. The van der Waals surface area contributed by atoms with Crippen LogP contribution in [0.1, 0.15) is 23.7 Å². The normalized spacial score (nSPS) is 29.9. The summed E-state index contributed by atoms with van der Waals surface area (Å²) in [5, 5.41) is 10.3. The van der Waals surface area contributed by atoms with Crippen LogP contribution in [0.5, 0.6) is 11.9 Å². The SMILES string of the molecule is O[C@@H]1CO[C@H]2[C@@H]1OC[C@H]2Oc1nc2nc(O[C@@H]3CCc4ccccc43)c(Cl)cc2[nH]1. The Labute approximate surface area is 177 Å². The zero-order chi connectivity index (χ0) is 20.2. The summed E-state index contributed by atoms with van der Waals surface area (Å²) in [7, 11) is 0. The second kappa shape index (κ2) is 7.09. The molecule has 9 heteroatoms. The third-order valence-electron chi connectivity index (χ3n) is 5.95. The monoisotopic (exact) mass is 429 g/mol. The van der Waals surface area contributed by atoms with Gasteiger partial charge in [0, 0.05) is 0 Å². The number of nitrogens with zero attached hydrogens (tertiary/aromatic N) is 2. The van der Waals surface area contributed by atoms with E-state index in [4.69, 9.17) is 30.5 Å². The Morgan fingerprint density at radius 3 is 2.90 bits per heavy atom. The first kappa shape index (κ1) is 18.4. The molecule has 0 bridgehead atoms. The molecule has 0 unspecified atom stereocenters. The molecule has 2 fully saturated rings. The first-order valence-corrected chi connectivity index (χ1v) is 10.4. The third kappa shape index (κ3) is 3.02. The molecule has 2 aromatic heterocycles. The van der Waals surface area contributed by atoms with Gasteiger partial charge < -0.3 is 29.0 Å². The summed E-state index contributed by atoms with van der Waals surface area (Å²) in [4.78, 5) is 12.0. The maximum Gasteiger partial charge on any atom is 0.296 e. The first-order valence-electron chi connectivity index (χ1n) is 10.0. The number of halogens is 1. The maximum atomic E-state index is 9.87. The van der Waals surface area contributed by atoms with Crippen LogP contribution in [0.25, 0.3) is 11.2 Å². The minimum Gasteiger partial charge on any atom is -0.468 e. The number of aromatic nitrogens is 3. The van der Waals surface area contributed by atoms with Crippen molar-refractivity contribution in [3.8, 4) is 11.9 Å². The molecule has 156 valence electrons. The van der Waals surface area contributed by atoms with Gasteiger partial charge >= 0.3 is 0 Å². The van der Waals surface area contributed by atoms with Crippen LogP contribution in [0.4, 0.5) is 0 Å². The van der Waals surface area contributed by atoms with Crippen LogP contribution in [0.15, 0.2) is 30.3 Å². The first-order chi connectivity index (χ1) is 14.7. The lowest BCUT2D eigenvalue weighted by atomic mass is 10.1. The van der Waals surface area contributed by atoms with Gasteiger partial charge in [-0.1, -0.05) is 35.9 Å². The van der Waals surface area contributed by atoms with E-state index in [0.29, 0.717) is 34.7 Å². The van der Waals surface area contributed by atoms with E-state index in [9.17, 15) is 5.11 Å². The smallest absolute Gasteiger partial charge is 0.296 e. The number of imidazole rings is 1. The van der Waals surface area contributed by atoms with Gasteiger partial charge in [0.25, 0.3) is 6.01 Å². The highest BCUT2D eigenvalue weighted by atomic mass is 35.5. The highest BCUT2D eigenvalue weighted by Gasteiger charge is 2.48. The van der Waals surface area contributed by atoms with Crippen molar-refractivity contribution >= 4 is 22.8 Å². The predicted molar refractivity (Wildman–Crippen MR) is 107 cm³/mol. The second-order valence-corrected chi connectivity index (χ2v) is 8.26. The molecule has 5 atom stereocenters. The van der Waals surface area contributed by atoms with Crippen LogP contribution in [0.3, 0.4) is 0 Å². The molecule has 3 aromatic rings. The summed E-state index contributed by atoms with van der Waals surface area (Å²) in [6.45, 7) is 0.574. The minimum absolute atomic E-state index is 0.0724. The largest absolute Gasteiger partial charge is 0.468 e. The average molecular weight is 430 g/mol. The zero-order valence-electron chi connectivity index (χ0n) is 16.0. The lowest BCUT2D eigenvalue weighted by Crippen LogP contribution is -2.34. The van der Waals surface area contributed by atoms with E-state index < -0.39 is 6.10 Å². The van der Waals surface area contributed by atoms with Crippen molar-refractivity contribution < 1.29 is 24.1 Å². The molecule has 8 nitrogen and oxygen atoms in total. The number of aromatic amines is 1. The lowest BCUT2D eigenvalue weighted by Gasteiger charge is -2.15. The van der Waals surface area contributed by atoms with Crippen LogP contribution in [-0.2, 0) is 15.9 Å². The van der Waals surface area contributed by atoms with Gasteiger partial charge in [-0.25, -0.2) is 0 Å². The summed E-state index contributed by atoms with van der Waals surface area (Å²) in [6, 6.07) is 10.3. The maximum absolute atomic E-state index is 9.87. The van der Waals surface area contributed by atoms with Gasteiger partial charge in [0.2, 0.25) is 5.88 Å². The molecule has 0 amide bonds. The fraction of sp³-hybridized carbons (Fsp3) is 0.429. The molecule has 0 saturated carbocycles. The van der Waals surface area contributed by atoms with Crippen molar-refractivity contribution in [3.05, 3.63) is 46.5 Å². The number of H-pyrrole nitrogens is 1. The molecular formula is C21H20ClN3O5. The molecule has 0 spiro atoms. The van der Waals surface area contributed by atoms with Gasteiger partial charge in [0.05, 0.1) is 18.7 Å². The van der Waals surface area contributed by atoms with E-state index in [1.807, 2.05) is 12.1 Å². The molecule has 1 aromatic carbocycles. The van der Waals surface area contributed by atoms with Crippen LogP contribution in [-0.4, -0.2) is 57.7 Å². The number of aliphatic hydroxyl groups excluding tert-OH is 1. The molecule has 1 aliphatic carbocycles. The molecule has 3 aliphatic rings. The van der Waals surface area contributed by atoms with Crippen molar-refractivity contribution in [3.63, 3.8) is 0 Å². The van der Waals surface area contributed by atoms with Gasteiger partial charge in [-0.3, -0.25) is 0 Å². The van der Waals surface area contributed by atoms with Gasteiger partial charge in [-0.2, -0.15) is 9.97 Å². The standard InChI is InChI=1S/C21H20ClN3O5/c22-12-7-13-19(24-20(12)29-15-6-5-10-3-1-2-4-11(10)15)25-21(23-13)30-16-9-28-17-14(26)8-27-18(16)17/h1-4,7,14-18,26H,5-6,8-9H2,(H,23,24,25)/t14-,15-,16-,17-,18-/m1/s1. The fourth-order valence-electron chi connectivity index (χ4n) is 4.48. The van der Waals surface area contributed by atoms with Crippen molar-refractivity contribution in [2.75, 3.05) is 13.2 Å². The molecule has 0 radical (unpaired) electrons. The van der Waals surface area contributed by atoms with Gasteiger partial charge in [-0.05, 0) is 30.0 Å². The summed E-state index contributed by atoms with van der Waals surface area (Å²) in [5.41, 5.74) is 3.58. The molecule has 4 heterocycles. The molecular weight excluding hydrogens is 410 g/mol. The molecule has 30 heavy (non-hydrogen) atoms. The van der Waals surface area contributed by atoms with E-state index in [1.165, 1.54) is 11.1 Å². The fourth-order valence-corrected chi connectivity index (χ4v) is 4.68. The number of rotatable bonds is 4. The van der Waals surface area contributed by atoms with Crippen molar-refractivity contribution in [1.29, 1.82) is 0 Å². The highest BCUT2D eigenvalue weighted by molar-refractivity contribution is 6.32. The van der Waals surface area contributed by atoms with Gasteiger partial charge in [0.1, 0.15) is 29.4 Å². The van der Waals surface area contributed by atoms with Crippen LogP contribution in [0, 0.1) is 0 Å². The summed E-state index contributed by atoms with van der Waals surface area (Å²) in [6.07, 6.45) is 0.141. The third-order valence-corrected chi connectivity index (χ3v) is 6.22. The highest BCUT2D eigenvalue weighted by Crippen LogP contribution is 2.37. The predicted octanol–water partition coefficient (Wildman–Crippen LogP) is 2.58. The number of hydrogen-bond acceptors (Lipinski definition) is 7. The van der Waals surface area contributed by atoms with E-state index in [1.54, 1.807) is 6.07 Å². The topological polar surface area (TPSA) is 98.7 Å². The van der Waals surface area contributed by atoms with Crippen molar-refractivity contribution in [2.24, 2.45) is 0 Å². The number of hydrogen-bond donors (Lipinski definition) is 2. The Bertz CT molecular complexity index is 1110. The van der Waals surface area contributed by atoms with Crippen LogP contribution < -0.4 is 9.47 Å². The quantitative estimate of drug-likeness (QED) is 0.657. The van der Waals surface area contributed by atoms with Crippen LogP contribution >= 0.6 is 11.6 Å². The summed E-state index contributed by atoms with van der Waals surface area (Å²) < 4.78 is 23.3. The van der Waals surface area contributed by atoms with E-state index in [-0.39, 0.29) is 31.0 Å². The van der Waals surface area contributed by atoms with Crippen molar-refractivity contribution in [2.45, 2.75) is 43.4 Å². The molecule has 6 rings (SSSR count). The average Bonchev–Trinajstić information content (AvgIpc) is 3.49. The Balaban J connectivity index is 1.23. The number of aliphatic hydroxyl groups is 1. The number of pyridine rings is 1. The van der Waals surface area contributed by atoms with E-state index >= 15 is 0 Å². The van der Waals surface area contributed by atoms with Gasteiger partial charge in [0.15, 0.2) is 11.8 Å². The lowest BCUT2D eigenvalue weighted by molar-refractivity contribution is 0.00706. The van der Waals surface area contributed by atoms with Crippen LogP contribution in [0.2, 0.25) is 5.02 Å². The number of benzene rings is 1. The Hall–Kier alpha value is -2.39. The number of nitrogens with one attached hydrogen (secondary N) is 1. The van der Waals surface area contributed by atoms with E-state index in [2.05, 4.69) is 27.1 Å². The number of aryl methyl sites for hydroxylation is 1. The number of fused-ring (bicyclic) bond motifs is 3. The van der Waals surface area contributed by atoms with E-state index in [0.717, 1.165) is 12.8 Å². The Kier molecular flexibility index (Phi) is 4.35. The summed E-state index contributed by atoms with van der Waals surface area (Å²) >= 11 is 6.43. The van der Waals surface area contributed by atoms with Gasteiger partial charge in [-0.15, -0.1) is 0 Å². The minimum atomic E-state index is -0.625.